The van der Waals surface area contributed by atoms with Crippen LogP contribution in [0, 0.1) is 0 Å². The second kappa shape index (κ2) is 7.21. The van der Waals surface area contributed by atoms with Crippen LogP contribution in [0.2, 0.25) is 0 Å². The smallest absolute Gasteiger partial charge is 0.410 e. The van der Waals surface area contributed by atoms with E-state index in [1.54, 1.807) is 4.90 Å². The van der Waals surface area contributed by atoms with Gasteiger partial charge < -0.3 is 20.3 Å². The molecule has 1 aromatic carbocycles. The molecule has 0 aliphatic carbocycles. The summed E-state index contributed by atoms with van der Waals surface area (Å²) in [4.78, 5) is 25.6. The number of benzene rings is 1. The van der Waals surface area contributed by atoms with E-state index in [0.717, 1.165) is 4.47 Å². The van der Waals surface area contributed by atoms with Gasteiger partial charge in [0.25, 0.3) is 0 Å². The third-order valence-electron chi connectivity index (χ3n) is 3.28. The molecule has 1 aliphatic rings. The fraction of sp³-hybridized carbons (Fsp3) is 0.500. The van der Waals surface area contributed by atoms with Gasteiger partial charge in [-0.3, -0.25) is 0 Å². The summed E-state index contributed by atoms with van der Waals surface area (Å²) in [6, 6.07) is 6.99. The van der Waals surface area contributed by atoms with Crippen molar-refractivity contribution < 1.29 is 14.3 Å². The van der Waals surface area contributed by atoms with Gasteiger partial charge in [-0.05, 0) is 51.5 Å². The van der Waals surface area contributed by atoms with Crippen molar-refractivity contribution in [1.82, 2.24) is 10.2 Å². The summed E-state index contributed by atoms with van der Waals surface area (Å²) in [7, 11) is 0. The van der Waals surface area contributed by atoms with E-state index in [0.29, 0.717) is 25.2 Å². The van der Waals surface area contributed by atoms with Crippen LogP contribution < -0.4 is 10.6 Å². The van der Waals surface area contributed by atoms with Gasteiger partial charge in [-0.2, -0.15) is 0 Å². The molecule has 1 aliphatic heterocycles. The molecule has 0 radical (unpaired) electrons. The Morgan fingerprint density at radius 3 is 2.52 bits per heavy atom. The van der Waals surface area contributed by atoms with Gasteiger partial charge in [0.15, 0.2) is 0 Å². The molecule has 1 aromatic rings. The van der Waals surface area contributed by atoms with Gasteiger partial charge in [0.1, 0.15) is 5.60 Å². The molecule has 126 valence electrons. The standard InChI is InChI=1S/C16H22BrN3O3/c1-16(2,3)23-15(22)20-9-8-13(10-20)19-14(21)18-12-6-4-11(17)5-7-12/h4-7,13H,8-10H2,1-3H3,(H2,18,19,21). The van der Waals surface area contributed by atoms with E-state index >= 15 is 0 Å². The maximum absolute atomic E-state index is 12.0. The van der Waals surface area contributed by atoms with Crippen LogP contribution in [-0.2, 0) is 4.74 Å². The Morgan fingerprint density at radius 1 is 1.26 bits per heavy atom. The maximum Gasteiger partial charge on any atom is 0.410 e. The number of likely N-dealkylation sites (tertiary alicyclic amines) is 1. The summed E-state index contributed by atoms with van der Waals surface area (Å²) < 4.78 is 6.29. The third-order valence-corrected chi connectivity index (χ3v) is 3.81. The zero-order valence-electron chi connectivity index (χ0n) is 13.6. The van der Waals surface area contributed by atoms with E-state index in [-0.39, 0.29) is 18.2 Å². The Bertz CT molecular complexity index is 569. The van der Waals surface area contributed by atoms with Crippen LogP contribution in [0.4, 0.5) is 15.3 Å². The lowest BCUT2D eigenvalue weighted by atomic mass is 10.2. The van der Waals surface area contributed by atoms with Gasteiger partial charge in [0, 0.05) is 29.3 Å². The first-order chi connectivity index (χ1) is 10.7. The summed E-state index contributed by atoms with van der Waals surface area (Å²) in [6.07, 6.45) is 0.377. The zero-order chi connectivity index (χ0) is 17.0. The van der Waals surface area contributed by atoms with E-state index in [2.05, 4.69) is 26.6 Å². The van der Waals surface area contributed by atoms with Gasteiger partial charge in [-0.15, -0.1) is 0 Å². The second-order valence-electron chi connectivity index (χ2n) is 6.52. The number of urea groups is 1. The zero-order valence-corrected chi connectivity index (χ0v) is 15.1. The van der Waals surface area contributed by atoms with Crippen LogP contribution in [0.15, 0.2) is 28.7 Å². The molecule has 23 heavy (non-hydrogen) atoms. The van der Waals surface area contributed by atoms with E-state index < -0.39 is 5.60 Å². The molecule has 0 bridgehead atoms. The molecule has 3 amide bonds. The van der Waals surface area contributed by atoms with Gasteiger partial charge in [-0.25, -0.2) is 9.59 Å². The van der Waals surface area contributed by atoms with Crippen molar-refractivity contribution in [2.45, 2.75) is 38.8 Å². The minimum absolute atomic E-state index is 0.0713. The predicted molar refractivity (Wildman–Crippen MR) is 92.5 cm³/mol. The van der Waals surface area contributed by atoms with Crippen LogP contribution >= 0.6 is 15.9 Å². The molecule has 0 spiro atoms. The van der Waals surface area contributed by atoms with Gasteiger partial charge >= 0.3 is 12.1 Å². The topological polar surface area (TPSA) is 70.7 Å². The largest absolute Gasteiger partial charge is 0.444 e. The highest BCUT2D eigenvalue weighted by Crippen LogP contribution is 2.16. The van der Waals surface area contributed by atoms with E-state index in [1.165, 1.54) is 0 Å². The van der Waals surface area contributed by atoms with Crippen molar-refractivity contribution in [3.8, 4) is 0 Å². The lowest BCUT2D eigenvalue weighted by Gasteiger charge is -2.24. The molecule has 6 nitrogen and oxygen atoms in total. The molecule has 1 fully saturated rings. The molecule has 2 rings (SSSR count). The monoisotopic (exact) mass is 383 g/mol. The van der Waals surface area contributed by atoms with Crippen molar-refractivity contribution >= 4 is 33.7 Å². The summed E-state index contributed by atoms with van der Waals surface area (Å²) in [5, 5.41) is 5.65. The van der Waals surface area contributed by atoms with E-state index in [4.69, 9.17) is 4.74 Å². The summed E-state index contributed by atoms with van der Waals surface area (Å²) >= 11 is 3.35. The molecule has 1 saturated heterocycles. The number of amides is 3. The normalized spacial score (nSPS) is 17.7. The molecule has 0 aromatic heterocycles. The quantitative estimate of drug-likeness (QED) is 0.819. The number of rotatable bonds is 2. The third kappa shape index (κ3) is 5.74. The van der Waals surface area contributed by atoms with E-state index in [9.17, 15) is 9.59 Å². The highest BCUT2D eigenvalue weighted by molar-refractivity contribution is 9.10. The predicted octanol–water partition coefficient (Wildman–Crippen LogP) is 3.58. The van der Waals surface area contributed by atoms with Gasteiger partial charge in [0.05, 0.1) is 0 Å². The number of ether oxygens (including phenoxy) is 1. The maximum atomic E-state index is 12.0. The number of nitrogens with zero attached hydrogens (tertiary/aromatic N) is 1. The van der Waals surface area contributed by atoms with Crippen molar-refractivity contribution in [3.63, 3.8) is 0 Å². The van der Waals surface area contributed by atoms with Gasteiger partial charge in [-0.1, -0.05) is 15.9 Å². The summed E-state index contributed by atoms with van der Waals surface area (Å²) in [5.74, 6) is 0. The first-order valence-corrected chi connectivity index (χ1v) is 8.33. The number of halogens is 1. The highest BCUT2D eigenvalue weighted by atomic mass is 79.9. The number of hydrogen-bond acceptors (Lipinski definition) is 3. The number of carbonyl (C=O) groups is 2. The number of anilines is 1. The molecular formula is C16H22BrN3O3. The van der Waals surface area contributed by atoms with Crippen LogP contribution in [0.25, 0.3) is 0 Å². The Morgan fingerprint density at radius 2 is 1.91 bits per heavy atom. The molecule has 7 heteroatoms. The van der Waals surface area contributed by atoms with Crippen LogP contribution in [0.5, 0.6) is 0 Å². The lowest BCUT2D eigenvalue weighted by Crippen LogP contribution is -2.41. The minimum Gasteiger partial charge on any atom is -0.444 e. The molecular weight excluding hydrogens is 362 g/mol. The Kier molecular flexibility index (Phi) is 5.51. The van der Waals surface area contributed by atoms with Crippen molar-refractivity contribution in [1.29, 1.82) is 0 Å². The average molecular weight is 384 g/mol. The molecule has 1 unspecified atom stereocenters. The number of nitrogens with one attached hydrogen (secondary N) is 2. The SMILES string of the molecule is CC(C)(C)OC(=O)N1CCC(NC(=O)Nc2ccc(Br)cc2)C1. The van der Waals surface area contributed by atoms with Crippen molar-refractivity contribution in [2.75, 3.05) is 18.4 Å². The van der Waals surface area contributed by atoms with Crippen molar-refractivity contribution in [2.24, 2.45) is 0 Å². The molecule has 0 saturated carbocycles. The summed E-state index contributed by atoms with van der Waals surface area (Å²) in [6.45, 7) is 6.55. The van der Waals surface area contributed by atoms with E-state index in [1.807, 2.05) is 45.0 Å². The fourth-order valence-corrected chi connectivity index (χ4v) is 2.52. The first kappa shape index (κ1) is 17.6. The molecule has 2 N–H and O–H groups in total. The second-order valence-corrected chi connectivity index (χ2v) is 7.43. The Labute approximate surface area is 144 Å². The fourth-order valence-electron chi connectivity index (χ4n) is 2.26. The van der Waals surface area contributed by atoms with Crippen molar-refractivity contribution in [3.05, 3.63) is 28.7 Å². The number of carbonyl (C=O) groups excluding carboxylic acids is 2. The molecule has 1 heterocycles. The summed E-state index contributed by atoms with van der Waals surface area (Å²) in [5.41, 5.74) is 0.203. The lowest BCUT2D eigenvalue weighted by molar-refractivity contribution is 0.0291. The Balaban J connectivity index is 1.79. The van der Waals surface area contributed by atoms with Gasteiger partial charge in [0.2, 0.25) is 0 Å². The Hall–Kier alpha value is -1.76. The highest BCUT2D eigenvalue weighted by Gasteiger charge is 2.30. The molecule has 1 atom stereocenters. The van der Waals surface area contributed by atoms with Crippen LogP contribution in [-0.4, -0.2) is 41.8 Å². The first-order valence-electron chi connectivity index (χ1n) is 7.54. The van der Waals surface area contributed by atoms with Crippen LogP contribution in [0.1, 0.15) is 27.2 Å². The minimum atomic E-state index is -0.512. The van der Waals surface area contributed by atoms with Crippen LogP contribution in [0.3, 0.4) is 0 Å². The number of hydrogen-bond donors (Lipinski definition) is 2. The average Bonchev–Trinajstić information content (AvgIpc) is 2.88.